The lowest BCUT2D eigenvalue weighted by molar-refractivity contribution is -0.135. The van der Waals surface area contributed by atoms with Gasteiger partial charge in [-0.25, -0.2) is 8.78 Å². The van der Waals surface area contributed by atoms with E-state index in [4.69, 9.17) is 5.73 Å². The molecule has 0 aliphatic rings. The van der Waals surface area contributed by atoms with Crippen LogP contribution in [0.3, 0.4) is 0 Å². The van der Waals surface area contributed by atoms with Crippen molar-refractivity contribution in [3.8, 4) is 0 Å². The van der Waals surface area contributed by atoms with E-state index in [1.54, 1.807) is 0 Å². The second-order valence-electron chi connectivity index (χ2n) is 8.30. The quantitative estimate of drug-likeness (QED) is 0.736. The van der Waals surface area contributed by atoms with Crippen LogP contribution in [0.1, 0.15) is 53.0 Å². The molecular formula is C20H30F2N2O2. The SMILES string of the molecule is CC(C)CC(C(=O)NC(C)(C)C)C(CCc1cc(F)cc(F)c1)C(N)=O. The van der Waals surface area contributed by atoms with Crippen LogP contribution < -0.4 is 11.1 Å². The fraction of sp³-hybridized carbons (Fsp3) is 0.600. The Kier molecular flexibility index (Phi) is 7.72. The fourth-order valence-electron chi connectivity index (χ4n) is 3.04. The van der Waals surface area contributed by atoms with Crippen molar-refractivity contribution in [1.29, 1.82) is 0 Å². The molecule has 1 aromatic carbocycles. The number of rotatable bonds is 8. The molecule has 146 valence electrons. The third-order valence-electron chi connectivity index (χ3n) is 4.08. The van der Waals surface area contributed by atoms with Gasteiger partial charge in [0.15, 0.2) is 0 Å². The van der Waals surface area contributed by atoms with Crippen molar-refractivity contribution in [3.63, 3.8) is 0 Å². The topological polar surface area (TPSA) is 72.2 Å². The van der Waals surface area contributed by atoms with Crippen molar-refractivity contribution in [1.82, 2.24) is 5.32 Å². The summed E-state index contributed by atoms with van der Waals surface area (Å²) in [5, 5.41) is 2.91. The number of benzene rings is 1. The Labute approximate surface area is 154 Å². The number of halogens is 2. The maximum absolute atomic E-state index is 13.4. The number of nitrogens with one attached hydrogen (secondary N) is 1. The van der Waals surface area contributed by atoms with Gasteiger partial charge in [0.1, 0.15) is 11.6 Å². The van der Waals surface area contributed by atoms with Crippen molar-refractivity contribution in [3.05, 3.63) is 35.4 Å². The van der Waals surface area contributed by atoms with E-state index >= 15 is 0 Å². The molecule has 4 nitrogen and oxygen atoms in total. The van der Waals surface area contributed by atoms with Crippen molar-refractivity contribution < 1.29 is 18.4 Å². The number of carbonyl (C=O) groups excluding carboxylic acids is 2. The first kappa shape index (κ1) is 22.1. The minimum absolute atomic E-state index is 0.194. The molecule has 0 aromatic heterocycles. The molecule has 6 heteroatoms. The summed E-state index contributed by atoms with van der Waals surface area (Å²) in [6.07, 6.45) is 1.03. The number of hydrogen-bond acceptors (Lipinski definition) is 2. The molecule has 0 bridgehead atoms. The second kappa shape index (κ2) is 9.10. The first-order valence-corrected chi connectivity index (χ1v) is 8.95. The smallest absolute Gasteiger partial charge is 0.224 e. The summed E-state index contributed by atoms with van der Waals surface area (Å²) in [6, 6.07) is 3.26. The van der Waals surface area contributed by atoms with Gasteiger partial charge in [-0.2, -0.15) is 0 Å². The van der Waals surface area contributed by atoms with Crippen LogP contribution in [0.4, 0.5) is 8.78 Å². The van der Waals surface area contributed by atoms with Crippen LogP contribution >= 0.6 is 0 Å². The zero-order valence-corrected chi connectivity index (χ0v) is 16.2. The summed E-state index contributed by atoms with van der Waals surface area (Å²) in [4.78, 5) is 24.8. The molecule has 0 fully saturated rings. The number of amides is 2. The van der Waals surface area contributed by atoms with E-state index < -0.39 is 34.9 Å². The lowest BCUT2D eigenvalue weighted by Gasteiger charge is -2.29. The van der Waals surface area contributed by atoms with Gasteiger partial charge in [0.05, 0.1) is 0 Å². The Morgan fingerprint density at radius 3 is 2.04 bits per heavy atom. The number of nitrogens with two attached hydrogens (primary N) is 1. The van der Waals surface area contributed by atoms with Crippen molar-refractivity contribution in [2.24, 2.45) is 23.5 Å². The zero-order chi connectivity index (χ0) is 20.1. The van der Waals surface area contributed by atoms with Gasteiger partial charge in [-0.05, 0) is 63.6 Å². The third kappa shape index (κ3) is 7.50. The van der Waals surface area contributed by atoms with E-state index in [1.807, 2.05) is 34.6 Å². The minimum Gasteiger partial charge on any atom is -0.369 e. The maximum Gasteiger partial charge on any atom is 0.224 e. The highest BCUT2D eigenvalue weighted by Gasteiger charge is 2.34. The lowest BCUT2D eigenvalue weighted by Crippen LogP contribution is -2.48. The maximum atomic E-state index is 13.4. The van der Waals surface area contributed by atoms with Crippen LogP contribution in [-0.4, -0.2) is 17.4 Å². The van der Waals surface area contributed by atoms with Gasteiger partial charge >= 0.3 is 0 Å². The molecule has 0 aliphatic carbocycles. The summed E-state index contributed by atoms with van der Waals surface area (Å²) in [5.41, 5.74) is 5.58. The second-order valence-corrected chi connectivity index (χ2v) is 8.30. The molecule has 0 heterocycles. The van der Waals surface area contributed by atoms with Crippen LogP contribution in [0.2, 0.25) is 0 Å². The highest BCUT2D eigenvalue weighted by atomic mass is 19.1. The van der Waals surface area contributed by atoms with Gasteiger partial charge in [-0.15, -0.1) is 0 Å². The standard InChI is InChI=1S/C20H30F2N2O2/c1-12(2)8-17(19(26)24-20(3,4)5)16(18(23)25)7-6-13-9-14(21)11-15(22)10-13/h9-12,16-17H,6-8H2,1-5H3,(H2,23,25)(H,24,26). The van der Waals surface area contributed by atoms with Crippen molar-refractivity contribution >= 4 is 11.8 Å². The van der Waals surface area contributed by atoms with Gasteiger partial charge in [0.25, 0.3) is 0 Å². The molecule has 0 aliphatic heterocycles. The van der Waals surface area contributed by atoms with Gasteiger partial charge < -0.3 is 11.1 Å². The first-order chi connectivity index (χ1) is 11.9. The Balaban J connectivity index is 2.99. The van der Waals surface area contributed by atoms with Crippen LogP contribution in [0, 0.1) is 29.4 Å². The largest absolute Gasteiger partial charge is 0.369 e. The Hall–Kier alpha value is -1.98. The van der Waals surface area contributed by atoms with Gasteiger partial charge in [0.2, 0.25) is 11.8 Å². The molecule has 0 radical (unpaired) electrons. The predicted molar refractivity (Wildman–Crippen MR) is 98.2 cm³/mol. The summed E-state index contributed by atoms with van der Waals surface area (Å²) in [7, 11) is 0. The zero-order valence-electron chi connectivity index (χ0n) is 16.2. The monoisotopic (exact) mass is 368 g/mol. The molecule has 26 heavy (non-hydrogen) atoms. The number of carbonyl (C=O) groups is 2. The summed E-state index contributed by atoms with van der Waals surface area (Å²) in [5.74, 6) is -3.22. The number of hydrogen-bond donors (Lipinski definition) is 2. The highest BCUT2D eigenvalue weighted by molar-refractivity contribution is 5.87. The molecule has 2 atom stereocenters. The minimum atomic E-state index is -0.703. The molecule has 0 saturated heterocycles. The molecular weight excluding hydrogens is 338 g/mol. The molecule has 1 aromatic rings. The molecule has 3 N–H and O–H groups in total. The first-order valence-electron chi connectivity index (χ1n) is 8.95. The molecule has 2 unspecified atom stereocenters. The summed E-state index contributed by atoms with van der Waals surface area (Å²) < 4.78 is 26.7. The van der Waals surface area contributed by atoms with Gasteiger partial charge in [0, 0.05) is 23.4 Å². The van der Waals surface area contributed by atoms with E-state index in [1.165, 1.54) is 12.1 Å². The normalized spacial score (nSPS) is 14.2. The lowest BCUT2D eigenvalue weighted by atomic mass is 9.80. The van der Waals surface area contributed by atoms with Crippen LogP contribution in [0.15, 0.2) is 18.2 Å². The van der Waals surface area contributed by atoms with Crippen LogP contribution in [-0.2, 0) is 16.0 Å². The van der Waals surface area contributed by atoms with E-state index in [0.717, 1.165) is 6.07 Å². The van der Waals surface area contributed by atoms with E-state index in [0.29, 0.717) is 12.0 Å². The number of aryl methyl sites for hydroxylation is 1. The van der Waals surface area contributed by atoms with Crippen molar-refractivity contribution in [2.45, 2.75) is 59.4 Å². The fourth-order valence-corrected chi connectivity index (χ4v) is 3.04. The molecule has 1 rings (SSSR count). The van der Waals surface area contributed by atoms with Gasteiger partial charge in [-0.3, -0.25) is 9.59 Å². The van der Waals surface area contributed by atoms with Crippen LogP contribution in [0.5, 0.6) is 0 Å². The predicted octanol–water partition coefficient (Wildman–Crippen LogP) is 3.58. The number of primary amides is 1. The molecule has 2 amide bonds. The molecule has 0 spiro atoms. The van der Waals surface area contributed by atoms with Gasteiger partial charge in [-0.1, -0.05) is 13.8 Å². The van der Waals surface area contributed by atoms with Crippen molar-refractivity contribution in [2.75, 3.05) is 0 Å². The average Bonchev–Trinajstić information content (AvgIpc) is 2.42. The Morgan fingerprint density at radius 2 is 1.62 bits per heavy atom. The summed E-state index contributed by atoms with van der Waals surface area (Å²) >= 11 is 0. The highest BCUT2D eigenvalue weighted by Crippen LogP contribution is 2.26. The Morgan fingerprint density at radius 1 is 1.08 bits per heavy atom. The molecule has 0 saturated carbocycles. The van der Waals surface area contributed by atoms with E-state index in [-0.39, 0.29) is 24.7 Å². The Bertz CT molecular complexity index is 619. The third-order valence-corrected chi connectivity index (χ3v) is 4.08. The van der Waals surface area contributed by atoms with E-state index in [9.17, 15) is 18.4 Å². The van der Waals surface area contributed by atoms with Crippen LogP contribution in [0.25, 0.3) is 0 Å². The van der Waals surface area contributed by atoms with E-state index in [2.05, 4.69) is 5.32 Å². The summed E-state index contributed by atoms with van der Waals surface area (Å²) in [6.45, 7) is 9.54. The average molecular weight is 368 g/mol.